The molecule has 1 aromatic heterocycles. The molecular weight excluding hydrogens is 266 g/mol. The molecule has 2 rings (SSSR count). The molecule has 5 nitrogen and oxygen atoms in total. The summed E-state index contributed by atoms with van der Waals surface area (Å²) in [5.74, 6) is 0.0637. The van der Waals surface area contributed by atoms with Gasteiger partial charge in [-0.05, 0) is 39.7 Å². The van der Waals surface area contributed by atoms with Crippen molar-refractivity contribution in [3.63, 3.8) is 0 Å². The molecule has 0 saturated heterocycles. The largest absolute Gasteiger partial charge is 0.468 e. The topological polar surface area (TPSA) is 56.2 Å². The van der Waals surface area contributed by atoms with Crippen molar-refractivity contribution in [2.75, 3.05) is 14.2 Å². The van der Waals surface area contributed by atoms with E-state index in [0.29, 0.717) is 17.5 Å². The number of nitrogens with one attached hydrogen (secondary N) is 1. The predicted octanol–water partition coefficient (Wildman–Crippen LogP) is 1.69. The number of carbonyl (C=O) groups excluding carboxylic acids is 1. The van der Waals surface area contributed by atoms with Crippen molar-refractivity contribution in [2.45, 2.75) is 38.8 Å². The molecule has 1 unspecified atom stereocenters. The summed E-state index contributed by atoms with van der Waals surface area (Å²) < 4.78 is 6.78. The van der Waals surface area contributed by atoms with Crippen LogP contribution < -0.4 is 5.32 Å². The van der Waals surface area contributed by atoms with Crippen LogP contribution in [0.2, 0.25) is 5.02 Å². The van der Waals surface area contributed by atoms with Crippen molar-refractivity contribution in [1.29, 1.82) is 0 Å². The van der Waals surface area contributed by atoms with E-state index in [-0.39, 0.29) is 5.97 Å². The fourth-order valence-corrected chi connectivity index (χ4v) is 2.70. The fourth-order valence-electron chi connectivity index (χ4n) is 2.57. The Morgan fingerprint density at radius 1 is 1.58 bits per heavy atom. The van der Waals surface area contributed by atoms with Gasteiger partial charge in [0.05, 0.1) is 30.1 Å². The highest BCUT2D eigenvalue weighted by Crippen LogP contribution is 2.41. The van der Waals surface area contributed by atoms with Crippen LogP contribution in [0.25, 0.3) is 0 Å². The molecule has 6 heteroatoms. The van der Waals surface area contributed by atoms with Crippen LogP contribution in [0.5, 0.6) is 0 Å². The normalized spacial score (nSPS) is 18.2. The maximum Gasteiger partial charge on any atom is 0.328 e. The Kier molecular flexibility index (Phi) is 3.87. The number of methoxy groups -OCH3 is 1. The standard InChI is InChI=1S/C13H20ClN3O2/c1-8-11(14)9(2)17(16-8)7-13(15-3,10-5-6-10)12(18)19-4/h10,15H,5-7H2,1-4H3. The van der Waals surface area contributed by atoms with Gasteiger partial charge in [0.25, 0.3) is 0 Å². The number of nitrogens with zero attached hydrogens (tertiary/aromatic N) is 2. The van der Waals surface area contributed by atoms with E-state index in [0.717, 1.165) is 24.2 Å². The summed E-state index contributed by atoms with van der Waals surface area (Å²) in [7, 11) is 3.22. The van der Waals surface area contributed by atoms with Crippen molar-refractivity contribution < 1.29 is 9.53 Å². The molecule has 1 aliphatic carbocycles. The zero-order chi connectivity index (χ0) is 14.2. The van der Waals surface area contributed by atoms with Crippen LogP contribution in [0.4, 0.5) is 0 Å². The maximum atomic E-state index is 12.2. The second-order valence-corrected chi connectivity index (χ2v) is 5.51. The molecule has 1 fully saturated rings. The monoisotopic (exact) mass is 285 g/mol. The number of halogens is 1. The van der Waals surface area contributed by atoms with Crippen molar-refractivity contribution in [2.24, 2.45) is 5.92 Å². The van der Waals surface area contributed by atoms with Gasteiger partial charge in [0.2, 0.25) is 0 Å². The Morgan fingerprint density at radius 2 is 2.21 bits per heavy atom. The highest BCUT2D eigenvalue weighted by atomic mass is 35.5. The van der Waals surface area contributed by atoms with E-state index in [1.807, 2.05) is 13.8 Å². The molecule has 0 bridgehead atoms. The third kappa shape index (κ3) is 2.37. The van der Waals surface area contributed by atoms with Crippen molar-refractivity contribution in [3.05, 3.63) is 16.4 Å². The molecule has 1 heterocycles. The smallest absolute Gasteiger partial charge is 0.328 e. The number of ether oxygens (including phenoxy) is 1. The summed E-state index contributed by atoms with van der Waals surface area (Å²) in [4.78, 5) is 12.2. The van der Waals surface area contributed by atoms with Crippen LogP contribution in [0.1, 0.15) is 24.2 Å². The van der Waals surface area contributed by atoms with Crippen LogP contribution in [-0.2, 0) is 16.1 Å². The van der Waals surface area contributed by atoms with E-state index in [4.69, 9.17) is 16.3 Å². The molecule has 1 N–H and O–H groups in total. The minimum absolute atomic E-state index is 0.235. The third-order valence-corrected chi connectivity index (χ3v) is 4.51. The van der Waals surface area contributed by atoms with E-state index < -0.39 is 5.54 Å². The number of likely N-dealkylation sites (N-methyl/N-ethyl adjacent to an activating group) is 1. The lowest BCUT2D eigenvalue weighted by Crippen LogP contribution is -2.56. The van der Waals surface area contributed by atoms with E-state index >= 15 is 0 Å². The molecule has 19 heavy (non-hydrogen) atoms. The molecule has 0 aromatic carbocycles. The molecule has 1 aromatic rings. The van der Waals surface area contributed by atoms with Crippen molar-refractivity contribution >= 4 is 17.6 Å². The number of rotatable bonds is 5. The number of aryl methyl sites for hydroxylation is 1. The Morgan fingerprint density at radius 3 is 2.58 bits per heavy atom. The van der Waals surface area contributed by atoms with Crippen molar-refractivity contribution in [3.8, 4) is 0 Å². The number of hydrogen-bond donors (Lipinski definition) is 1. The molecular formula is C13H20ClN3O2. The summed E-state index contributed by atoms with van der Waals surface area (Å²) in [6, 6.07) is 0. The Labute approximate surface area is 118 Å². The average Bonchev–Trinajstić information content (AvgIpc) is 3.22. The summed E-state index contributed by atoms with van der Waals surface area (Å²) in [5.41, 5.74) is 0.953. The molecule has 0 radical (unpaired) electrons. The van der Waals surface area contributed by atoms with Gasteiger partial charge in [-0.1, -0.05) is 11.6 Å². The number of esters is 1. The third-order valence-electron chi connectivity index (χ3n) is 3.96. The van der Waals surface area contributed by atoms with Gasteiger partial charge in [-0.15, -0.1) is 0 Å². The predicted molar refractivity (Wildman–Crippen MR) is 73.2 cm³/mol. The maximum absolute atomic E-state index is 12.2. The van der Waals surface area contributed by atoms with Crippen LogP contribution >= 0.6 is 11.6 Å². The SMILES string of the molecule is CNC(Cn1nc(C)c(Cl)c1C)(C(=O)OC)C1CC1. The zero-order valence-electron chi connectivity index (χ0n) is 11.8. The lowest BCUT2D eigenvalue weighted by Gasteiger charge is -2.31. The van der Waals surface area contributed by atoms with Crippen molar-refractivity contribution in [1.82, 2.24) is 15.1 Å². The van der Waals surface area contributed by atoms with Crippen LogP contribution in [-0.4, -0.2) is 35.4 Å². The quantitative estimate of drug-likeness (QED) is 0.837. The lowest BCUT2D eigenvalue weighted by atomic mass is 9.93. The molecule has 0 amide bonds. The Balaban J connectivity index is 2.35. The molecule has 1 saturated carbocycles. The number of aromatic nitrogens is 2. The highest BCUT2D eigenvalue weighted by Gasteiger charge is 2.51. The van der Waals surface area contributed by atoms with Gasteiger partial charge in [-0.3, -0.25) is 4.68 Å². The van der Waals surface area contributed by atoms with E-state index in [1.54, 1.807) is 11.7 Å². The van der Waals surface area contributed by atoms with Gasteiger partial charge in [-0.2, -0.15) is 5.10 Å². The first kappa shape index (κ1) is 14.3. The summed E-state index contributed by atoms with van der Waals surface area (Å²) in [6.07, 6.45) is 2.06. The number of hydrogen-bond acceptors (Lipinski definition) is 4. The zero-order valence-corrected chi connectivity index (χ0v) is 12.5. The Hall–Kier alpha value is -1.07. The van der Waals surface area contributed by atoms with Gasteiger partial charge in [0.15, 0.2) is 0 Å². The van der Waals surface area contributed by atoms with Gasteiger partial charge < -0.3 is 10.1 Å². The minimum atomic E-state index is -0.707. The van der Waals surface area contributed by atoms with Crippen LogP contribution in [0.15, 0.2) is 0 Å². The molecule has 1 aliphatic rings. The molecule has 1 atom stereocenters. The van der Waals surface area contributed by atoms with E-state index in [1.165, 1.54) is 7.11 Å². The second-order valence-electron chi connectivity index (χ2n) is 5.13. The fraction of sp³-hybridized carbons (Fsp3) is 0.692. The highest BCUT2D eigenvalue weighted by molar-refractivity contribution is 6.31. The average molecular weight is 286 g/mol. The number of carbonyl (C=O) groups is 1. The summed E-state index contributed by atoms with van der Waals surface area (Å²) in [5, 5.41) is 8.22. The second kappa shape index (κ2) is 5.13. The Bertz CT molecular complexity index is 496. The van der Waals surface area contributed by atoms with Crippen LogP contribution in [0, 0.1) is 19.8 Å². The molecule has 106 valence electrons. The minimum Gasteiger partial charge on any atom is -0.468 e. The van der Waals surface area contributed by atoms with Crippen LogP contribution in [0.3, 0.4) is 0 Å². The van der Waals surface area contributed by atoms with Gasteiger partial charge >= 0.3 is 5.97 Å². The van der Waals surface area contributed by atoms with Gasteiger partial charge in [0, 0.05) is 0 Å². The molecule has 0 aliphatic heterocycles. The van der Waals surface area contributed by atoms with Gasteiger partial charge in [0.1, 0.15) is 5.54 Å². The molecule has 0 spiro atoms. The first-order valence-electron chi connectivity index (χ1n) is 6.43. The first-order chi connectivity index (χ1) is 8.96. The van der Waals surface area contributed by atoms with Gasteiger partial charge in [-0.25, -0.2) is 4.79 Å². The summed E-state index contributed by atoms with van der Waals surface area (Å²) >= 11 is 6.16. The first-order valence-corrected chi connectivity index (χ1v) is 6.81. The lowest BCUT2D eigenvalue weighted by molar-refractivity contribution is -0.150. The van der Waals surface area contributed by atoms with E-state index in [2.05, 4.69) is 10.4 Å². The summed E-state index contributed by atoms with van der Waals surface area (Å²) in [6.45, 7) is 4.22. The van der Waals surface area contributed by atoms with E-state index in [9.17, 15) is 4.79 Å².